The van der Waals surface area contributed by atoms with E-state index in [4.69, 9.17) is 0 Å². The van der Waals surface area contributed by atoms with Crippen molar-refractivity contribution < 1.29 is 155 Å². The van der Waals surface area contributed by atoms with Gasteiger partial charge in [0, 0.05) is 27.5 Å². The van der Waals surface area contributed by atoms with Crippen molar-refractivity contribution in [1.29, 1.82) is 0 Å². The minimum Gasteiger partial charge on any atom is -0.871 e. The third-order valence-corrected chi connectivity index (χ3v) is 10.3. The molecule has 6 aromatic carbocycles. The fraction of sp³-hybridized carbons (Fsp3) is 0.0303. The summed E-state index contributed by atoms with van der Waals surface area (Å²) in [5.41, 5.74) is 0.0570. The Labute approximate surface area is 397 Å². The molecule has 16 nitrogen and oxygen atoms in total. The molecule has 6 rings (SSSR count). The van der Waals surface area contributed by atoms with E-state index in [1.54, 1.807) is 30.3 Å². The SMILES string of the molecule is Cc1cc(N=Nc2cc(S(=O)(=O)[O-])c3cc(Nc4ccccc4)ccc3c2[O-])c([O-])cc1N=Nc1cc(S(=O)(=O)[O-])c2cccc(S(=O)(=O)[O-])c2c1.[Cu+2].[Na+].[Na+].[Na+]. The van der Waals surface area contributed by atoms with Gasteiger partial charge in [0.2, 0.25) is 0 Å². The van der Waals surface area contributed by atoms with Crippen molar-refractivity contribution in [2.45, 2.75) is 21.6 Å². The Bertz CT molecular complexity index is 2850. The van der Waals surface area contributed by atoms with Gasteiger partial charge in [-0.1, -0.05) is 47.9 Å². The van der Waals surface area contributed by atoms with Crippen LogP contribution in [0.15, 0.2) is 132 Å². The summed E-state index contributed by atoms with van der Waals surface area (Å²) in [6.07, 6.45) is 0. The summed E-state index contributed by atoms with van der Waals surface area (Å²) < 4.78 is 108. The first kappa shape index (κ1) is 49.8. The van der Waals surface area contributed by atoms with Gasteiger partial charge in [-0.2, -0.15) is 20.5 Å². The summed E-state index contributed by atoms with van der Waals surface area (Å²) in [6.45, 7) is 1.47. The second-order valence-electron chi connectivity index (χ2n) is 11.1. The first-order valence-electron chi connectivity index (χ1n) is 14.6. The van der Waals surface area contributed by atoms with Crippen LogP contribution in [0.25, 0.3) is 21.5 Å². The molecule has 0 amide bonds. The van der Waals surface area contributed by atoms with Gasteiger partial charge in [-0.05, 0) is 78.5 Å². The molecule has 0 aliphatic rings. The molecule has 1 N–H and O–H groups in total. The monoisotopic (exact) mass is 890 g/mol. The number of hydrogen-bond acceptors (Lipinski definition) is 16. The number of rotatable bonds is 9. The molecule has 0 aliphatic heterocycles. The average molecular weight is 891 g/mol. The summed E-state index contributed by atoms with van der Waals surface area (Å²) in [5, 5.41) is 43.6. The van der Waals surface area contributed by atoms with E-state index in [2.05, 4.69) is 25.8 Å². The smallest absolute Gasteiger partial charge is 0.871 e. The molecule has 0 saturated heterocycles. The van der Waals surface area contributed by atoms with Gasteiger partial charge in [-0.15, -0.1) is 0 Å². The van der Waals surface area contributed by atoms with Gasteiger partial charge in [0.1, 0.15) is 30.4 Å². The third-order valence-electron chi connectivity index (χ3n) is 7.62. The van der Waals surface area contributed by atoms with Crippen LogP contribution in [0.5, 0.6) is 11.5 Å². The zero-order valence-corrected chi connectivity index (χ0v) is 38.9. The molecule has 275 valence electrons. The van der Waals surface area contributed by atoms with Crippen LogP contribution in [0.3, 0.4) is 0 Å². The standard InChI is InChI=1S/C33H25N5O11S3.Cu.3Na/c1-18-12-27(29(39)16-26(18)36-35-21-14-24-22(31(15-21)51(44,45)46)8-5-9-30(24)50(41,42)43)37-38-28-17-32(52(47,48)49)25-13-20(10-11-23(25)33(28)40)34-19-6-3-2-4-7-19;;;;/h2-17,34,39-40H,1H3,(H,41,42,43)(H,44,45,46)(H,47,48,49);;;;/q;+2;3*+1/p-5. The number of fused-ring (bicyclic) bond motifs is 2. The molecule has 0 atom stereocenters. The number of anilines is 2. The molecular formula is C33H20CuN5Na3O11S3. The van der Waals surface area contributed by atoms with Crippen molar-refractivity contribution in [3.63, 3.8) is 0 Å². The topological polar surface area (TPSA) is 279 Å². The van der Waals surface area contributed by atoms with Crippen LogP contribution in [-0.4, -0.2) is 38.9 Å². The summed E-state index contributed by atoms with van der Waals surface area (Å²) in [7, 11) is -15.4. The minimum absolute atomic E-state index is 0. The van der Waals surface area contributed by atoms with Crippen LogP contribution < -0.4 is 104 Å². The molecule has 0 heterocycles. The zero-order valence-electron chi connectivity index (χ0n) is 29.5. The van der Waals surface area contributed by atoms with Crippen molar-refractivity contribution in [2.24, 2.45) is 20.5 Å². The van der Waals surface area contributed by atoms with E-state index in [1.807, 2.05) is 0 Å². The van der Waals surface area contributed by atoms with E-state index in [9.17, 15) is 49.1 Å². The van der Waals surface area contributed by atoms with Crippen LogP contribution >= 0.6 is 0 Å². The number of para-hydroxylation sites is 1. The third kappa shape index (κ3) is 11.2. The van der Waals surface area contributed by atoms with Gasteiger partial charge >= 0.3 is 106 Å². The Morgan fingerprint density at radius 2 is 1.07 bits per heavy atom. The Morgan fingerprint density at radius 1 is 0.500 bits per heavy atom. The van der Waals surface area contributed by atoms with Crippen molar-refractivity contribution in [2.75, 3.05) is 5.32 Å². The Morgan fingerprint density at radius 3 is 1.70 bits per heavy atom. The zero-order chi connectivity index (χ0) is 37.6. The molecule has 1 radical (unpaired) electrons. The Kier molecular flexibility index (Phi) is 17.5. The second-order valence-corrected chi connectivity index (χ2v) is 15.2. The van der Waals surface area contributed by atoms with Crippen LogP contribution in [0, 0.1) is 6.92 Å². The fourth-order valence-electron chi connectivity index (χ4n) is 5.26. The van der Waals surface area contributed by atoms with Crippen LogP contribution in [0.4, 0.5) is 34.1 Å². The largest absolute Gasteiger partial charge is 2.00 e. The fourth-order valence-corrected chi connectivity index (χ4v) is 7.35. The van der Waals surface area contributed by atoms with Gasteiger partial charge in [-0.3, -0.25) is 0 Å². The molecule has 23 heteroatoms. The molecule has 0 aliphatic carbocycles. The van der Waals surface area contributed by atoms with Crippen molar-refractivity contribution in [3.8, 4) is 11.5 Å². The van der Waals surface area contributed by atoms with Gasteiger partial charge in [0.15, 0.2) is 0 Å². The summed E-state index contributed by atoms with van der Waals surface area (Å²) >= 11 is 0. The average Bonchev–Trinajstić information content (AvgIpc) is 3.07. The number of azo groups is 2. The number of nitrogens with zero attached hydrogens (tertiary/aromatic N) is 4. The first-order valence-corrected chi connectivity index (χ1v) is 18.8. The maximum Gasteiger partial charge on any atom is 2.00 e. The number of hydrogen-bond donors (Lipinski definition) is 1. The molecule has 0 unspecified atom stereocenters. The van der Waals surface area contributed by atoms with Gasteiger partial charge in [-0.25, -0.2) is 25.3 Å². The summed E-state index contributed by atoms with van der Waals surface area (Å²) in [4.78, 5) is -2.38. The molecule has 56 heavy (non-hydrogen) atoms. The van der Waals surface area contributed by atoms with E-state index in [-0.39, 0.29) is 150 Å². The predicted octanol–water partition coefficient (Wildman–Crippen LogP) is -3.26. The maximum absolute atomic E-state index is 13.3. The minimum atomic E-state index is -5.18. The van der Waals surface area contributed by atoms with Gasteiger partial charge < -0.3 is 29.2 Å². The van der Waals surface area contributed by atoms with Gasteiger partial charge in [0.05, 0.1) is 37.4 Å². The quantitative estimate of drug-likeness (QED) is 0.0852. The van der Waals surface area contributed by atoms with Crippen LogP contribution in [0.1, 0.15) is 5.56 Å². The van der Waals surface area contributed by atoms with Crippen molar-refractivity contribution >= 4 is 86.0 Å². The maximum atomic E-state index is 13.3. The van der Waals surface area contributed by atoms with E-state index >= 15 is 0 Å². The molecule has 0 saturated carbocycles. The molecule has 6 aromatic rings. The molecular weight excluding hydrogens is 871 g/mol. The Balaban J connectivity index is 0.00000271. The predicted molar refractivity (Wildman–Crippen MR) is 180 cm³/mol. The van der Waals surface area contributed by atoms with Crippen LogP contribution in [0.2, 0.25) is 0 Å². The number of benzene rings is 6. The first-order chi connectivity index (χ1) is 24.4. The number of aryl methyl sites for hydroxylation is 1. The van der Waals surface area contributed by atoms with Gasteiger partial charge in [0.25, 0.3) is 0 Å². The van der Waals surface area contributed by atoms with E-state index in [1.165, 1.54) is 31.2 Å². The van der Waals surface area contributed by atoms with Crippen molar-refractivity contribution in [3.05, 3.63) is 103 Å². The summed E-state index contributed by atoms with van der Waals surface area (Å²) in [5.74, 6) is -1.57. The Hall–Kier alpha value is -2.31. The molecule has 0 aromatic heterocycles. The van der Waals surface area contributed by atoms with E-state index in [0.29, 0.717) is 11.4 Å². The van der Waals surface area contributed by atoms with E-state index < -0.39 is 62.2 Å². The van der Waals surface area contributed by atoms with Crippen molar-refractivity contribution in [1.82, 2.24) is 0 Å². The van der Waals surface area contributed by atoms with E-state index in [0.717, 1.165) is 42.5 Å². The summed E-state index contributed by atoms with van der Waals surface area (Å²) in [6, 6.07) is 21.0. The second kappa shape index (κ2) is 19.6. The number of nitrogens with one attached hydrogen (secondary N) is 1. The normalized spacial score (nSPS) is 11.8. The molecule has 0 bridgehead atoms. The molecule has 0 fully saturated rings. The van der Waals surface area contributed by atoms with Crippen LogP contribution in [-0.2, 0) is 47.4 Å². The molecule has 0 spiro atoms.